The van der Waals surface area contributed by atoms with Crippen LogP contribution in [-0.2, 0) is 4.43 Å². The van der Waals surface area contributed by atoms with Crippen molar-refractivity contribution in [3.8, 4) is 0 Å². The molecule has 0 amide bonds. The third-order valence-electron chi connectivity index (χ3n) is 4.62. The zero-order valence-corrected chi connectivity index (χ0v) is 15.9. The third-order valence-corrected chi connectivity index (χ3v) is 12.4. The van der Waals surface area contributed by atoms with Gasteiger partial charge in [0.1, 0.15) is 5.60 Å². The second-order valence-corrected chi connectivity index (χ2v) is 14.9. The van der Waals surface area contributed by atoms with E-state index in [0.29, 0.717) is 0 Å². The number of thioether (sulfide) groups is 2. The lowest BCUT2D eigenvalue weighted by Crippen LogP contribution is -2.45. The first-order chi connectivity index (χ1) is 9.14. The quantitative estimate of drug-likeness (QED) is 0.617. The molecular formula is C15H28O2S2Si. The summed E-state index contributed by atoms with van der Waals surface area (Å²) in [7, 11) is -1.76. The summed E-state index contributed by atoms with van der Waals surface area (Å²) in [5.41, 5.74) is -0.678. The van der Waals surface area contributed by atoms with Crippen molar-refractivity contribution in [2.45, 2.75) is 68.0 Å². The molecule has 0 aromatic rings. The number of rotatable bonds is 3. The highest BCUT2D eigenvalue weighted by atomic mass is 32.2. The fourth-order valence-corrected chi connectivity index (χ4v) is 6.71. The van der Waals surface area contributed by atoms with Crippen LogP contribution in [0.25, 0.3) is 0 Å². The molecule has 2 nitrogen and oxygen atoms in total. The van der Waals surface area contributed by atoms with Crippen LogP contribution >= 0.6 is 23.5 Å². The SMILES string of the molecule is CC(C)(C)[Si](C)(C)O[C@@H]1C=C[C@](O)(C2SCCCS2)C1. The van der Waals surface area contributed by atoms with Crippen molar-refractivity contribution in [1.29, 1.82) is 0 Å². The van der Waals surface area contributed by atoms with E-state index in [2.05, 4.69) is 39.9 Å². The van der Waals surface area contributed by atoms with E-state index in [1.807, 2.05) is 29.6 Å². The van der Waals surface area contributed by atoms with Crippen LogP contribution in [0.15, 0.2) is 12.2 Å². The molecule has 1 aliphatic carbocycles. The molecule has 20 heavy (non-hydrogen) atoms. The summed E-state index contributed by atoms with van der Waals surface area (Å²) in [6.45, 7) is 11.3. The minimum atomic E-state index is -1.76. The van der Waals surface area contributed by atoms with Crippen LogP contribution < -0.4 is 0 Å². The molecule has 116 valence electrons. The van der Waals surface area contributed by atoms with Gasteiger partial charge < -0.3 is 9.53 Å². The lowest BCUT2D eigenvalue weighted by atomic mass is 10.1. The van der Waals surface area contributed by atoms with Crippen LogP contribution in [0, 0.1) is 0 Å². The van der Waals surface area contributed by atoms with E-state index in [1.54, 1.807) is 0 Å². The molecule has 0 spiro atoms. The van der Waals surface area contributed by atoms with Crippen molar-refractivity contribution in [2.75, 3.05) is 11.5 Å². The first kappa shape index (κ1) is 16.9. The Bertz CT molecular complexity index is 373. The average Bonchev–Trinajstić information content (AvgIpc) is 2.71. The summed E-state index contributed by atoms with van der Waals surface area (Å²) in [6.07, 6.45) is 6.17. The second-order valence-electron chi connectivity index (χ2n) is 7.40. The number of hydrogen-bond donors (Lipinski definition) is 1. The fraction of sp³-hybridized carbons (Fsp3) is 0.867. The van der Waals surface area contributed by atoms with Gasteiger partial charge in [0.15, 0.2) is 8.32 Å². The largest absolute Gasteiger partial charge is 0.410 e. The second kappa shape index (κ2) is 5.99. The molecular weight excluding hydrogens is 304 g/mol. The van der Waals surface area contributed by atoms with Crippen molar-refractivity contribution in [3.63, 3.8) is 0 Å². The Morgan fingerprint density at radius 2 is 1.85 bits per heavy atom. The van der Waals surface area contributed by atoms with E-state index in [9.17, 15) is 5.11 Å². The Kier molecular flexibility index (Phi) is 5.08. The molecule has 0 aromatic heterocycles. The lowest BCUT2D eigenvalue weighted by Gasteiger charge is -2.39. The van der Waals surface area contributed by atoms with Gasteiger partial charge >= 0.3 is 0 Å². The van der Waals surface area contributed by atoms with E-state index < -0.39 is 13.9 Å². The molecule has 0 aromatic carbocycles. The highest BCUT2D eigenvalue weighted by Gasteiger charge is 2.45. The predicted octanol–water partition coefficient (Wildman–Crippen LogP) is 4.26. The molecule has 1 fully saturated rings. The zero-order chi connectivity index (χ0) is 15.0. The van der Waals surface area contributed by atoms with Gasteiger partial charge in [-0.05, 0) is 36.1 Å². The fourth-order valence-electron chi connectivity index (χ4n) is 2.32. The van der Waals surface area contributed by atoms with Gasteiger partial charge in [0.05, 0.1) is 10.7 Å². The molecule has 2 aliphatic rings. The maximum atomic E-state index is 10.9. The van der Waals surface area contributed by atoms with Gasteiger partial charge in [-0.15, -0.1) is 23.5 Å². The molecule has 2 rings (SSSR count). The maximum absolute atomic E-state index is 10.9. The van der Waals surface area contributed by atoms with Crippen molar-refractivity contribution in [1.82, 2.24) is 0 Å². The van der Waals surface area contributed by atoms with Crippen LogP contribution in [0.5, 0.6) is 0 Å². The van der Waals surface area contributed by atoms with Crippen molar-refractivity contribution >= 4 is 31.8 Å². The topological polar surface area (TPSA) is 29.5 Å². The average molecular weight is 333 g/mol. The minimum absolute atomic E-state index is 0.0871. The molecule has 1 N–H and O–H groups in total. The number of aliphatic hydroxyl groups is 1. The molecule has 0 bridgehead atoms. The highest BCUT2D eigenvalue weighted by Crippen LogP contribution is 2.45. The molecule has 0 radical (unpaired) electrons. The Balaban J connectivity index is 1.97. The summed E-state index contributed by atoms with van der Waals surface area (Å²) in [4.78, 5) is 0. The van der Waals surface area contributed by atoms with E-state index in [0.717, 1.165) is 6.42 Å². The van der Waals surface area contributed by atoms with E-state index in [4.69, 9.17) is 4.43 Å². The summed E-state index contributed by atoms with van der Waals surface area (Å²) in [6, 6.07) is 0. The standard InChI is InChI=1S/C15H28O2S2Si/c1-14(2,3)20(4,5)17-12-7-8-15(16,11-12)13-18-9-6-10-19-13/h7-8,12-13,16H,6,9-11H2,1-5H3/t12-,15-/m1/s1. The molecule has 1 aliphatic heterocycles. The monoisotopic (exact) mass is 332 g/mol. The Hall–Kier alpha value is 0.577. The maximum Gasteiger partial charge on any atom is 0.192 e. The van der Waals surface area contributed by atoms with Crippen LogP contribution in [0.3, 0.4) is 0 Å². The summed E-state index contributed by atoms with van der Waals surface area (Å²) >= 11 is 3.80. The Morgan fingerprint density at radius 1 is 1.25 bits per heavy atom. The van der Waals surface area contributed by atoms with E-state index in [1.165, 1.54) is 17.9 Å². The molecule has 1 saturated heterocycles. The van der Waals surface area contributed by atoms with Crippen molar-refractivity contribution in [3.05, 3.63) is 12.2 Å². The van der Waals surface area contributed by atoms with Crippen LogP contribution in [-0.4, -0.2) is 41.2 Å². The molecule has 0 unspecified atom stereocenters. The van der Waals surface area contributed by atoms with Crippen LogP contribution in [0.4, 0.5) is 0 Å². The Morgan fingerprint density at radius 3 is 2.40 bits per heavy atom. The van der Waals surface area contributed by atoms with E-state index >= 15 is 0 Å². The predicted molar refractivity (Wildman–Crippen MR) is 94.1 cm³/mol. The smallest absolute Gasteiger partial charge is 0.192 e. The van der Waals surface area contributed by atoms with Gasteiger partial charge in [0.2, 0.25) is 0 Å². The van der Waals surface area contributed by atoms with Crippen LogP contribution in [0.2, 0.25) is 18.1 Å². The third kappa shape index (κ3) is 3.66. The number of hydrogen-bond acceptors (Lipinski definition) is 4. The van der Waals surface area contributed by atoms with Crippen molar-refractivity contribution in [2.24, 2.45) is 0 Å². The van der Waals surface area contributed by atoms with Crippen molar-refractivity contribution < 1.29 is 9.53 Å². The Labute approximate surface area is 133 Å². The van der Waals surface area contributed by atoms with E-state index in [-0.39, 0.29) is 15.7 Å². The molecule has 5 heteroatoms. The zero-order valence-electron chi connectivity index (χ0n) is 13.3. The van der Waals surface area contributed by atoms with Gasteiger partial charge in [-0.1, -0.05) is 32.9 Å². The summed E-state index contributed by atoms with van der Waals surface area (Å²) in [5.74, 6) is 2.34. The molecule has 2 atom stereocenters. The summed E-state index contributed by atoms with van der Waals surface area (Å²) < 4.78 is 6.70. The minimum Gasteiger partial charge on any atom is -0.410 e. The first-order valence-electron chi connectivity index (χ1n) is 7.47. The van der Waals surface area contributed by atoms with Gasteiger partial charge in [0.25, 0.3) is 0 Å². The van der Waals surface area contributed by atoms with Gasteiger partial charge in [-0.25, -0.2) is 0 Å². The van der Waals surface area contributed by atoms with Gasteiger partial charge in [-0.3, -0.25) is 0 Å². The van der Waals surface area contributed by atoms with Gasteiger partial charge in [-0.2, -0.15) is 0 Å². The lowest BCUT2D eigenvalue weighted by molar-refractivity contribution is 0.0749. The summed E-state index contributed by atoms with van der Waals surface area (Å²) in [5, 5.41) is 11.1. The molecule has 1 heterocycles. The normalized spacial score (nSPS) is 32.8. The first-order valence-corrected chi connectivity index (χ1v) is 12.5. The highest BCUT2D eigenvalue weighted by molar-refractivity contribution is 8.17. The van der Waals surface area contributed by atoms with Crippen LogP contribution in [0.1, 0.15) is 33.6 Å². The molecule has 0 saturated carbocycles. The van der Waals surface area contributed by atoms with Gasteiger partial charge in [0, 0.05) is 6.42 Å².